The Bertz CT molecular complexity index is 1360. The molecule has 0 heterocycles. The fourth-order valence-corrected chi connectivity index (χ4v) is 4.42. The largest absolute Gasteiger partial charge is 0.493 e. The molecule has 0 radical (unpaired) electrons. The van der Waals surface area contributed by atoms with Crippen LogP contribution in [0.25, 0.3) is 10.8 Å². The smallest absolute Gasteiger partial charge is 0.159 e. The Kier molecular flexibility index (Phi) is 8.80. The van der Waals surface area contributed by atoms with Gasteiger partial charge in [0.15, 0.2) is 11.6 Å². The number of hydrogen-bond acceptors (Lipinski definition) is 1. The van der Waals surface area contributed by atoms with Crippen LogP contribution in [0, 0.1) is 29.1 Å². The van der Waals surface area contributed by atoms with Gasteiger partial charge in [-0.05, 0) is 66.3 Å². The van der Waals surface area contributed by atoms with Crippen molar-refractivity contribution in [2.24, 2.45) is 0 Å². The summed E-state index contributed by atoms with van der Waals surface area (Å²) in [5.41, 5.74) is 1.90. The van der Waals surface area contributed by atoms with Crippen molar-refractivity contribution >= 4 is 10.8 Å². The molecule has 0 fully saturated rings. The second-order valence-corrected chi connectivity index (χ2v) is 9.26. The summed E-state index contributed by atoms with van der Waals surface area (Å²) in [5, 5.41) is 1.12. The fraction of sp³-hybridized carbons (Fsp3) is 0.290. The molecule has 0 amide bonds. The lowest BCUT2D eigenvalue weighted by atomic mass is 9.97. The van der Waals surface area contributed by atoms with Gasteiger partial charge >= 0.3 is 0 Å². The van der Waals surface area contributed by atoms with Crippen LogP contribution in [0.1, 0.15) is 48.4 Å². The summed E-state index contributed by atoms with van der Waals surface area (Å²) in [6.07, 6.45) is 4.13. The number of benzene rings is 4. The molecule has 37 heavy (non-hydrogen) atoms. The zero-order valence-electron chi connectivity index (χ0n) is 20.7. The minimum atomic E-state index is -0.921. The molecule has 6 heteroatoms. The highest BCUT2D eigenvalue weighted by Gasteiger charge is 2.14. The van der Waals surface area contributed by atoms with E-state index in [1.54, 1.807) is 24.3 Å². The molecule has 0 bridgehead atoms. The average molecular weight is 513 g/mol. The Morgan fingerprint density at radius 1 is 0.622 bits per heavy atom. The molecule has 4 aromatic rings. The highest BCUT2D eigenvalue weighted by atomic mass is 19.2. The quantitative estimate of drug-likeness (QED) is 0.144. The summed E-state index contributed by atoms with van der Waals surface area (Å²) >= 11 is 0. The summed E-state index contributed by atoms with van der Waals surface area (Å²) in [6, 6.07) is 14.9. The van der Waals surface area contributed by atoms with Crippen molar-refractivity contribution in [2.75, 3.05) is 6.61 Å². The van der Waals surface area contributed by atoms with E-state index in [4.69, 9.17) is 4.74 Å². The molecule has 0 saturated heterocycles. The Morgan fingerprint density at radius 3 is 2.05 bits per heavy atom. The van der Waals surface area contributed by atoms with Gasteiger partial charge in [0.05, 0.1) is 6.61 Å². The molecule has 0 aliphatic rings. The van der Waals surface area contributed by atoms with E-state index in [-0.39, 0.29) is 23.6 Å². The van der Waals surface area contributed by atoms with E-state index in [0.717, 1.165) is 37.0 Å². The van der Waals surface area contributed by atoms with Gasteiger partial charge in [0.25, 0.3) is 0 Å². The Hall–Kier alpha value is -3.41. The van der Waals surface area contributed by atoms with Gasteiger partial charge in [0, 0.05) is 23.1 Å². The predicted octanol–water partition coefficient (Wildman–Crippen LogP) is 8.67. The van der Waals surface area contributed by atoms with E-state index in [2.05, 4.69) is 6.92 Å². The molecular formula is C31H29F5O. The summed E-state index contributed by atoms with van der Waals surface area (Å²) < 4.78 is 76.3. The summed E-state index contributed by atoms with van der Waals surface area (Å²) in [5.74, 6) is -3.28. The van der Waals surface area contributed by atoms with Gasteiger partial charge in [-0.3, -0.25) is 0 Å². The summed E-state index contributed by atoms with van der Waals surface area (Å²) in [7, 11) is 0. The molecule has 0 atom stereocenters. The second kappa shape index (κ2) is 12.2. The van der Waals surface area contributed by atoms with Crippen molar-refractivity contribution in [1.29, 1.82) is 0 Å². The van der Waals surface area contributed by atoms with Crippen LogP contribution in [0.2, 0.25) is 0 Å². The first-order chi connectivity index (χ1) is 17.9. The van der Waals surface area contributed by atoms with E-state index in [0.29, 0.717) is 47.8 Å². The summed E-state index contributed by atoms with van der Waals surface area (Å²) in [4.78, 5) is 0. The van der Waals surface area contributed by atoms with Crippen LogP contribution in [-0.4, -0.2) is 6.61 Å². The van der Waals surface area contributed by atoms with Crippen LogP contribution in [0.5, 0.6) is 5.75 Å². The van der Waals surface area contributed by atoms with Crippen LogP contribution < -0.4 is 4.74 Å². The third kappa shape index (κ3) is 6.68. The van der Waals surface area contributed by atoms with Gasteiger partial charge < -0.3 is 4.74 Å². The van der Waals surface area contributed by atoms with Gasteiger partial charge in [-0.1, -0.05) is 56.2 Å². The highest BCUT2D eigenvalue weighted by molar-refractivity contribution is 5.84. The maximum absolute atomic E-state index is 15.1. The Labute approximate surface area is 213 Å². The highest BCUT2D eigenvalue weighted by Crippen LogP contribution is 2.26. The SMILES string of the molecule is CCCCCOc1cc(F)c(CCc2ccc3c(F)c(CCc4ccc(F)c(F)c4)ccc3c2)c(F)c1. The first kappa shape index (κ1) is 26.6. The van der Waals surface area contributed by atoms with Gasteiger partial charge in [-0.25, -0.2) is 22.0 Å². The van der Waals surface area contributed by atoms with Crippen LogP contribution in [0.3, 0.4) is 0 Å². The zero-order chi connectivity index (χ0) is 26.4. The minimum Gasteiger partial charge on any atom is -0.493 e. The predicted molar refractivity (Wildman–Crippen MR) is 136 cm³/mol. The van der Waals surface area contributed by atoms with Crippen molar-refractivity contribution < 1.29 is 26.7 Å². The van der Waals surface area contributed by atoms with Crippen molar-refractivity contribution in [1.82, 2.24) is 0 Å². The van der Waals surface area contributed by atoms with E-state index in [1.807, 2.05) is 6.07 Å². The molecule has 1 nitrogen and oxygen atoms in total. The zero-order valence-corrected chi connectivity index (χ0v) is 20.7. The van der Waals surface area contributed by atoms with E-state index in [9.17, 15) is 17.6 Å². The number of fused-ring (bicyclic) bond motifs is 1. The maximum Gasteiger partial charge on any atom is 0.159 e. The van der Waals surface area contributed by atoms with Crippen molar-refractivity contribution in [2.45, 2.75) is 51.9 Å². The van der Waals surface area contributed by atoms with Gasteiger partial charge in [0.2, 0.25) is 0 Å². The number of halogens is 5. The molecule has 0 saturated carbocycles. The monoisotopic (exact) mass is 512 g/mol. The van der Waals surface area contributed by atoms with Gasteiger partial charge in [-0.15, -0.1) is 0 Å². The average Bonchev–Trinajstić information content (AvgIpc) is 2.88. The number of hydrogen-bond donors (Lipinski definition) is 0. The molecule has 194 valence electrons. The van der Waals surface area contributed by atoms with E-state index in [1.165, 1.54) is 18.2 Å². The van der Waals surface area contributed by atoms with Gasteiger partial charge in [0.1, 0.15) is 23.2 Å². The number of aryl methyl sites for hydroxylation is 3. The van der Waals surface area contributed by atoms with Crippen molar-refractivity contribution in [3.05, 3.63) is 112 Å². The molecule has 0 aromatic heterocycles. The molecule has 0 N–H and O–H groups in total. The first-order valence-corrected chi connectivity index (χ1v) is 12.6. The van der Waals surface area contributed by atoms with Crippen LogP contribution in [0.4, 0.5) is 22.0 Å². The second-order valence-electron chi connectivity index (χ2n) is 9.26. The van der Waals surface area contributed by atoms with E-state index < -0.39 is 23.3 Å². The fourth-order valence-electron chi connectivity index (χ4n) is 4.42. The number of unbranched alkanes of at least 4 members (excludes halogenated alkanes) is 2. The lowest BCUT2D eigenvalue weighted by Crippen LogP contribution is -2.03. The molecule has 0 aliphatic carbocycles. The number of ether oxygens (including phenoxy) is 1. The van der Waals surface area contributed by atoms with Crippen LogP contribution in [-0.2, 0) is 25.7 Å². The Morgan fingerprint density at radius 2 is 1.32 bits per heavy atom. The Balaban J connectivity index is 1.41. The third-order valence-electron chi connectivity index (χ3n) is 6.56. The van der Waals surface area contributed by atoms with Crippen LogP contribution >= 0.6 is 0 Å². The summed E-state index contributed by atoms with van der Waals surface area (Å²) in [6.45, 7) is 2.49. The van der Waals surface area contributed by atoms with Crippen molar-refractivity contribution in [3.63, 3.8) is 0 Å². The lowest BCUT2D eigenvalue weighted by molar-refractivity contribution is 0.302. The first-order valence-electron chi connectivity index (χ1n) is 12.6. The standard InChI is InChI=1S/C31H29F5O/c1-2-3-4-15-37-24-18-28(33)26(29(34)19-24)13-7-20-6-12-25-23(16-20)11-10-22(31(25)36)9-5-21-8-14-27(32)30(35)17-21/h6,8,10-12,14,16-19H,2-5,7,9,13,15H2,1H3. The third-order valence-corrected chi connectivity index (χ3v) is 6.56. The lowest BCUT2D eigenvalue weighted by Gasteiger charge is -2.11. The van der Waals surface area contributed by atoms with Crippen molar-refractivity contribution in [3.8, 4) is 5.75 Å². The molecule has 4 rings (SSSR count). The normalized spacial score (nSPS) is 11.3. The molecule has 4 aromatic carbocycles. The van der Waals surface area contributed by atoms with Gasteiger partial charge in [-0.2, -0.15) is 0 Å². The topological polar surface area (TPSA) is 9.23 Å². The molecule has 0 aliphatic heterocycles. The molecule has 0 unspecified atom stereocenters. The van der Waals surface area contributed by atoms with E-state index >= 15 is 4.39 Å². The number of rotatable bonds is 11. The maximum atomic E-state index is 15.1. The minimum absolute atomic E-state index is 0.000219. The van der Waals surface area contributed by atoms with Crippen LogP contribution in [0.15, 0.2) is 60.7 Å². The molecule has 0 spiro atoms. The molecular weight excluding hydrogens is 483 g/mol.